The smallest absolute Gasteiger partial charge is 0.411 e. The summed E-state index contributed by atoms with van der Waals surface area (Å²) in [6, 6.07) is 4.73. The summed E-state index contributed by atoms with van der Waals surface area (Å²) >= 11 is 0. The average molecular weight is 542 g/mol. The van der Waals surface area contributed by atoms with Gasteiger partial charge in [0.1, 0.15) is 11.4 Å². The molecule has 1 aromatic carbocycles. The zero-order chi connectivity index (χ0) is 27.9. The summed E-state index contributed by atoms with van der Waals surface area (Å²) in [7, 11) is 0. The molecule has 8 nitrogen and oxygen atoms in total. The minimum Gasteiger partial charge on any atom is -0.444 e. The van der Waals surface area contributed by atoms with Crippen LogP contribution in [0.3, 0.4) is 0 Å². The molecule has 3 heterocycles. The molecule has 1 aromatic rings. The average Bonchev–Trinajstić information content (AvgIpc) is 3.50. The Bertz CT molecular complexity index is 1160. The molecule has 1 unspecified atom stereocenters. The van der Waals surface area contributed by atoms with Crippen LogP contribution in [0, 0.1) is 17.7 Å². The molecule has 4 aliphatic rings. The lowest BCUT2D eigenvalue weighted by molar-refractivity contribution is -0.131. The number of hydrogen-bond acceptors (Lipinski definition) is 6. The maximum Gasteiger partial charge on any atom is 0.411 e. The summed E-state index contributed by atoms with van der Waals surface area (Å²) in [5.41, 5.74) is 7.29. The number of fused-ring (bicyclic) bond motifs is 3. The van der Waals surface area contributed by atoms with Gasteiger partial charge in [-0.25, -0.2) is 9.18 Å². The van der Waals surface area contributed by atoms with Crippen LogP contribution < -0.4 is 5.73 Å². The summed E-state index contributed by atoms with van der Waals surface area (Å²) in [5.74, 6) is -2.08. The summed E-state index contributed by atoms with van der Waals surface area (Å²) in [6.07, 6.45) is 4.81. The number of rotatable bonds is 7. The highest BCUT2D eigenvalue weighted by Crippen LogP contribution is 2.44. The van der Waals surface area contributed by atoms with Gasteiger partial charge in [0, 0.05) is 37.5 Å². The van der Waals surface area contributed by atoms with E-state index in [9.17, 15) is 14.4 Å². The Balaban J connectivity index is 1.27. The Morgan fingerprint density at radius 2 is 2.00 bits per heavy atom. The van der Waals surface area contributed by atoms with Gasteiger partial charge in [-0.1, -0.05) is 18.2 Å². The van der Waals surface area contributed by atoms with Crippen LogP contribution in [0.2, 0.25) is 0 Å². The van der Waals surface area contributed by atoms with Crippen LogP contribution in [-0.4, -0.2) is 77.6 Å². The zero-order valence-electron chi connectivity index (χ0n) is 23.2. The number of carbonyl (C=O) groups is 3. The molecular formula is C30H40FN3O5. The molecule has 5 rings (SSSR count). The zero-order valence-corrected chi connectivity index (χ0v) is 23.2. The van der Waals surface area contributed by atoms with Crippen molar-refractivity contribution in [2.75, 3.05) is 26.3 Å². The fourth-order valence-corrected chi connectivity index (χ4v) is 6.71. The predicted molar refractivity (Wildman–Crippen MR) is 144 cm³/mol. The molecule has 2 bridgehead atoms. The third-order valence-electron chi connectivity index (χ3n) is 8.64. The SMILES string of the molecule is CC(C)(C)OC(=O)N1[C@@H]2CC[C@@H](C2)[C@H]1C(=O)C[C@@H](Cc1ccc(C2=CCN3CCOCC3C2)cc1F)C(N)=O. The van der Waals surface area contributed by atoms with Crippen LogP contribution in [0.5, 0.6) is 0 Å². The second-order valence-corrected chi connectivity index (χ2v) is 12.5. The van der Waals surface area contributed by atoms with E-state index in [4.69, 9.17) is 15.2 Å². The fourth-order valence-electron chi connectivity index (χ4n) is 6.71. The van der Waals surface area contributed by atoms with Crippen LogP contribution in [0.25, 0.3) is 5.57 Å². The van der Waals surface area contributed by atoms with Crippen molar-refractivity contribution in [3.63, 3.8) is 0 Å². The number of nitrogens with zero attached hydrogens (tertiary/aromatic N) is 2. The van der Waals surface area contributed by atoms with Gasteiger partial charge in [-0.3, -0.25) is 19.4 Å². The van der Waals surface area contributed by atoms with Crippen molar-refractivity contribution in [3.05, 3.63) is 41.2 Å². The van der Waals surface area contributed by atoms with Crippen LogP contribution in [0.15, 0.2) is 24.3 Å². The van der Waals surface area contributed by atoms with Gasteiger partial charge in [-0.05, 0) is 81.6 Å². The van der Waals surface area contributed by atoms with E-state index in [1.165, 1.54) is 6.07 Å². The minimum atomic E-state index is -0.862. The number of likely N-dealkylation sites (tertiary alicyclic amines) is 1. The van der Waals surface area contributed by atoms with Crippen LogP contribution in [0.4, 0.5) is 9.18 Å². The molecule has 2 saturated heterocycles. The monoisotopic (exact) mass is 541 g/mol. The number of Topliss-reactive ketones (excluding diaryl/α,β-unsaturated/α-hetero) is 1. The molecule has 0 radical (unpaired) electrons. The third-order valence-corrected chi connectivity index (χ3v) is 8.64. The van der Waals surface area contributed by atoms with Crippen molar-refractivity contribution in [2.24, 2.45) is 17.6 Å². The van der Waals surface area contributed by atoms with E-state index < -0.39 is 35.4 Å². The van der Waals surface area contributed by atoms with Gasteiger partial charge in [0.15, 0.2) is 5.78 Å². The molecule has 2 amide bonds. The van der Waals surface area contributed by atoms with Gasteiger partial charge >= 0.3 is 6.09 Å². The molecule has 9 heteroatoms. The first-order chi connectivity index (χ1) is 18.5. The highest BCUT2D eigenvalue weighted by atomic mass is 19.1. The summed E-state index contributed by atoms with van der Waals surface area (Å²) in [4.78, 5) is 42.8. The molecule has 2 N–H and O–H groups in total. The molecule has 3 aliphatic heterocycles. The molecule has 0 aromatic heterocycles. The molecule has 3 fully saturated rings. The van der Waals surface area contributed by atoms with Crippen LogP contribution >= 0.6 is 0 Å². The number of ether oxygens (including phenoxy) is 2. The van der Waals surface area contributed by atoms with E-state index in [1.807, 2.05) is 6.07 Å². The lowest BCUT2D eigenvalue weighted by Crippen LogP contribution is -2.51. The van der Waals surface area contributed by atoms with Gasteiger partial charge in [-0.2, -0.15) is 0 Å². The topological polar surface area (TPSA) is 102 Å². The number of ketones is 1. The van der Waals surface area contributed by atoms with Crippen molar-refractivity contribution in [2.45, 2.75) is 83.0 Å². The second-order valence-electron chi connectivity index (χ2n) is 12.5. The molecule has 5 atom stereocenters. The minimum absolute atomic E-state index is 0.0304. The van der Waals surface area contributed by atoms with Crippen molar-refractivity contribution < 1.29 is 28.2 Å². The van der Waals surface area contributed by atoms with Gasteiger partial charge < -0.3 is 15.2 Å². The van der Waals surface area contributed by atoms with E-state index >= 15 is 4.39 Å². The highest BCUT2D eigenvalue weighted by Gasteiger charge is 2.52. The van der Waals surface area contributed by atoms with Crippen LogP contribution in [-0.2, 0) is 25.5 Å². The van der Waals surface area contributed by atoms with E-state index in [2.05, 4.69) is 11.0 Å². The van der Waals surface area contributed by atoms with Crippen molar-refractivity contribution >= 4 is 23.4 Å². The normalized spacial score (nSPS) is 27.6. The number of carbonyl (C=O) groups excluding carboxylic acids is 3. The van der Waals surface area contributed by atoms with Gasteiger partial charge in [0.25, 0.3) is 0 Å². The predicted octanol–water partition coefficient (Wildman–Crippen LogP) is 3.70. The molecule has 1 saturated carbocycles. The maximum absolute atomic E-state index is 15.3. The highest BCUT2D eigenvalue weighted by molar-refractivity contribution is 5.92. The number of amides is 2. The fraction of sp³-hybridized carbons (Fsp3) is 0.633. The van der Waals surface area contributed by atoms with Crippen molar-refractivity contribution in [1.29, 1.82) is 0 Å². The number of halogens is 1. The van der Waals surface area contributed by atoms with E-state index in [0.29, 0.717) is 18.2 Å². The number of piperidine rings is 1. The van der Waals surface area contributed by atoms with Gasteiger partial charge in [0.05, 0.1) is 19.3 Å². The molecule has 1 aliphatic carbocycles. The summed E-state index contributed by atoms with van der Waals surface area (Å²) in [6.45, 7) is 8.54. The summed E-state index contributed by atoms with van der Waals surface area (Å²) < 4.78 is 26.5. The second kappa shape index (κ2) is 11.0. The lowest BCUT2D eigenvalue weighted by Gasteiger charge is -2.38. The Morgan fingerprint density at radius 1 is 1.21 bits per heavy atom. The van der Waals surface area contributed by atoms with E-state index in [0.717, 1.165) is 56.5 Å². The largest absolute Gasteiger partial charge is 0.444 e. The first-order valence-corrected chi connectivity index (χ1v) is 14.1. The first-order valence-electron chi connectivity index (χ1n) is 14.1. The summed E-state index contributed by atoms with van der Waals surface area (Å²) in [5, 5.41) is 0. The maximum atomic E-state index is 15.3. The van der Waals surface area contributed by atoms with E-state index in [-0.39, 0.29) is 30.6 Å². The third kappa shape index (κ3) is 6.04. The lowest BCUT2D eigenvalue weighted by atomic mass is 9.86. The number of primary amides is 1. The van der Waals surface area contributed by atoms with Crippen molar-refractivity contribution in [1.82, 2.24) is 9.80 Å². The Morgan fingerprint density at radius 3 is 2.72 bits per heavy atom. The van der Waals surface area contributed by atoms with E-state index in [1.54, 1.807) is 31.7 Å². The molecule has 212 valence electrons. The standard InChI is InChI=1S/C30H40FN3O5/c1-30(2,3)39-29(37)34-23-7-6-21(14-23)27(34)26(35)16-22(28(32)36)12-20-5-4-18(15-25(20)31)19-8-9-33-10-11-38-17-24(33)13-19/h4-5,8,15,21-24,27H,6-7,9-14,16-17H2,1-3H3,(H2,32,36)/t21-,22+,23+,24?,27-/m0/s1. The Labute approximate surface area is 229 Å². The number of morpholine rings is 1. The van der Waals surface area contributed by atoms with Crippen LogP contribution in [0.1, 0.15) is 64.0 Å². The first kappa shape index (κ1) is 27.8. The Kier molecular flexibility index (Phi) is 7.84. The molecule has 39 heavy (non-hydrogen) atoms. The number of hydrogen-bond donors (Lipinski definition) is 1. The van der Waals surface area contributed by atoms with Crippen molar-refractivity contribution in [3.8, 4) is 0 Å². The quantitative estimate of drug-likeness (QED) is 0.565. The Hall–Kier alpha value is -2.78. The molecule has 0 spiro atoms. The number of nitrogens with two attached hydrogens (primary N) is 1. The number of benzene rings is 1. The van der Waals surface area contributed by atoms with Gasteiger partial charge in [-0.15, -0.1) is 0 Å². The molecular weight excluding hydrogens is 501 g/mol. The van der Waals surface area contributed by atoms with Gasteiger partial charge in [0.2, 0.25) is 5.91 Å².